The Kier molecular flexibility index (Phi) is 8.96. The molecule has 0 spiro atoms. The van der Waals surface area contributed by atoms with Crippen molar-refractivity contribution in [2.45, 2.75) is 49.4 Å². The highest BCUT2D eigenvalue weighted by molar-refractivity contribution is 6.03. The number of halogens is 5. The van der Waals surface area contributed by atoms with Gasteiger partial charge in [-0.15, -0.1) is 6.42 Å². The minimum atomic E-state index is -3.35. The molecule has 1 amide bonds. The second kappa shape index (κ2) is 13.3. The standard InChI is InChI=1S/C35H33F5N6O5/c1-3-23-26(37)6-5-19-9-22(51-18-49-2)10-24(27(19)23)29-28(38)30-25(13-41-29)31(45-15-21(42-33(47)48)12-35(39,40)16-45)44-32(43-30)50-17-34-7-4-8-46(34)14-20(36)11-34/h1,5-6,9-10,13,20-21,42H,4,7-8,11-12,14-18H2,2H3,(H,47,48)/t20-,21?,34+/m1/s1. The molecule has 0 aliphatic carbocycles. The number of fused-ring (bicyclic) bond motifs is 3. The zero-order valence-corrected chi connectivity index (χ0v) is 27.4. The number of nitrogens with zero attached hydrogens (tertiary/aromatic N) is 5. The lowest BCUT2D eigenvalue weighted by atomic mass is 9.95. The van der Waals surface area contributed by atoms with Gasteiger partial charge in [-0.05, 0) is 43.0 Å². The lowest BCUT2D eigenvalue weighted by molar-refractivity contribution is -0.0208. The van der Waals surface area contributed by atoms with E-state index in [0.29, 0.717) is 18.4 Å². The van der Waals surface area contributed by atoms with Crippen molar-refractivity contribution in [3.8, 4) is 35.4 Å². The van der Waals surface area contributed by atoms with Crippen molar-refractivity contribution in [2.24, 2.45) is 0 Å². The molecule has 1 unspecified atom stereocenters. The molecule has 4 aromatic rings. The van der Waals surface area contributed by atoms with E-state index >= 15 is 17.6 Å². The van der Waals surface area contributed by atoms with Crippen molar-refractivity contribution in [1.29, 1.82) is 0 Å². The third-order valence-electron chi connectivity index (χ3n) is 9.69. The van der Waals surface area contributed by atoms with E-state index in [2.05, 4.69) is 26.2 Å². The summed E-state index contributed by atoms with van der Waals surface area (Å²) < 4.78 is 93.4. The number of pyridine rings is 1. The molecule has 16 heteroatoms. The van der Waals surface area contributed by atoms with Crippen LogP contribution in [0.25, 0.3) is 32.9 Å². The third-order valence-corrected chi connectivity index (χ3v) is 9.69. The number of aromatic nitrogens is 3. The van der Waals surface area contributed by atoms with Crippen LogP contribution >= 0.6 is 0 Å². The second-order valence-corrected chi connectivity index (χ2v) is 13.2. The van der Waals surface area contributed by atoms with E-state index in [4.69, 9.17) is 20.6 Å². The topological polar surface area (TPSA) is 122 Å². The van der Waals surface area contributed by atoms with Crippen LogP contribution in [0.3, 0.4) is 0 Å². The van der Waals surface area contributed by atoms with E-state index in [1.807, 2.05) is 4.90 Å². The van der Waals surface area contributed by atoms with Gasteiger partial charge in [-0.1, -0.05) is 12.0 Å². The number of carbonyl (C=O) groups is 1. The van der Waals surface area contributed by atoms with Crippen molar-refractivity contribution >= 4 is 33.6 Å². The number of alkyl halides is 3. The SMILES string of the molecule is C#Cc1c(F)ccc2cc(OCOC)cc(-c3ncc4c(N5CC(NC(=O)O)CC(F)(F)C5)nc(OC[C@@]56CCCN5C[C@H](F)C6)nc4c3F)c12. The number of rotatable bonds is 9. The maximum absolute atomic E-state index is 17.0. The number of hydrogen-bond acceptors (Lipinski definition) is 9. The van der Waals surface area contributed by atoms with Gasteiger partial charge in [0.2, 0.25) is 0 Å². The summed E-state index contributed by atoms with van der Waals surface area (Å²) in [5.74, 6) is -2.71. The van der Waals surface area contributed by atoms with Crippen LogP contribution in [0.15, 0.2) is 30.5 Å². The minimum absolute atomic E-state index is 0.0361. The highest BCUT2D eigenvalue weighted by atomic mass is 19.3. The molecule has 2 N–H and O–H groups in total. The summed E-state index contributed by atoms with van der Waals surface area (Å²) in [6, 6.07) is 4.09. The molecule has 3 atom stereocenters. The van der Waals surface area contributed by atoms with Crippen LogP contribution in [-0.2, 0) is 4.74 Å². The number of benzene rings is 2. The predicted octanol–water partition coefficient (Wildman–Crippen LogP) is 5.52. The molecule has 51 heavy (non-hydrogen) atoms. The van der Waals surface area contributed by atoms with E-state index in [1.165, 1.54) is 31.5 Å². The molecule has 0 bridgehead atoms. The monoisotopic (exact) mass is 712 g/mol. The first kappa shape index (κ1) is 34.4. The Labute approximate surface area is 288 Å². The summed E-state index contributed by atoms with van der Waals surface area (Å²) in [6.45, 7) is -0.356. The Balaban J connectivity index is 1.39. The van der Waals surface area contributed by atoms with Gasteiger partial charge in [-0.3, -0.25) is 9.88 Å². The second-order valence-electron chi connectivity index (χ2n) is 13.2. The van der Waals surface area contributed by atoms with Gasteiger partial charge in [0.15, 0.2) is 12.6 Å². The maximum atomic E-state index is 17.0. The summed E-state index contributed by atoms with van der Waals surface area (Å²) in [4.78, 5) is 27.7. The van der Waals surface area contributed by atoms with Crippen LogP contribution in [-0.4, -0.2) is 101 Å². The van der Waals surface area contributed by atoms with Crippen molar-refractivity contribution in [1.82, 2.24) is 25.2 Å². The molecule has 3 fully saturated rings. The Morgan fingerprint density at radius 3 is 2.76 bits per heavy atom. The average Bonchev–Trinajstić information content (AvgIpc) is 3.60. The van der Waals surface area contributed by atoms with Gasteiger partial charge in [-0.25, -0.2) is 26.7 Å². The Morgan fingerprint density at radius 2 is 2.00 bits per heavy atom. The average molecular weight is 713 g/mol. The normalized spacial score (nSPS) is 23.0. The maximum Gasteiger partial charge on any atom is 0.404 e. The Bertz CT molecular complexity index is 2060. The highest BCUT2D eigenvalue weighted by Gasteiger charge is 2.49. The van der Waals surface area contributed by atoms with Crippen molar-refractivity contribution in [3.63, 3.8) is 0 Å². The molecule has 0 radical (unpaired) electrons. The fraction of sp³-hybridized carbons (Fsp3) is 0.429. The fourth-order valence-corrected chi connectivity index (χ4v) is 7.65. The number of terminal acetylenes is 1. The number of amides is 1. The van der Waals surface area contributed by atoms with Gasteiger partial charge in [0.25, 0.3) is 5.92 Å². The van der Waals surface area contributed by atoms with Crippen LogP contribution < -0.4 is 19.7 Å². The summed E-state index contributed by atoms with van der Waals surface area (Å²) in [5.41, 5.74) is -1.39. The zero-order valence-electron chi connectivity index (χ0n) is 27.4. The van der Waals surface area contributed by atoms with E-state index in [1.54, 1.807) is 6.07 Å². The van der Waals surface area contributed by atoms with E-state index < -0.39 is 54.4 Å². The van der Waals surface area contributed by atoms with Gasteiger partial charge >= 0.3 is 12.1 Å². The van der Waals surface area contributed by atoms with E-state index in [0.717, 1.165) is 11.3 Å². The first-order chi connectivity index (χ1) is 24.4. The molecule has 7 rings (SSSR count). The highest BCUT2D eigenvalue weighted by Crippen LogP contribution is 2.42. The fourth-order valence-electron chi connectivity index (χ4n) is 7.65. The first-order valence-corrected chi connectivity index (χ1v) is 16.3. The molecule has 268 valence electrons. The van der Waals surface area contributed by atoms with Crippen LogP contribution in [0, 0.1) is 24.0 Å². The van der Waals surface area contributed by atoms with Gasteiger partial charge in [0.05, 0.1) is 29.1 Å². The third kappa shape index (κ3) is 6.51. The molecule has 3 aliphatic rings. The number of piperidine rings is 1. The van der Waals surface area contributed by atoms with Gasteiger partial charge in [0, 0.05) is 50.2 Å². The van der Waals surface area contributed by atoms with Crippen LogP contribution in [0.2, 0.25) is 0 Å². The van der Waals surface area contributed by atoms with Crippen LogP contribution in [0.4, 0.5) is 32.6 Å². The largest absolute Gasteiger partial charge is 0.468 e. The minimum Gasteiger partial charge on any atom is -0.468 e. The number of ether oxygens (including phenoxy) is 3. The Hall–Kier alpha value is -5.01. The lowest BCUT2D eigenvalue weighted by Crippen LogP contribution is -2.55. The van der Waals surface area contributed by atoms with Crippen molar-refractivity contribution < 1.29 is 46.1 Å². The number of hydrogen-bond donors (Lipinski definition) is 2. The molecular weight excluding hydrogens is 679 g/mol. The Morgan fingerprint density at radius 1 is 1.18 bits per heavy atom. The smallest absolute Gasteiger partial charge is 0.404 e. The molecule has 2 aromatic heterocycles. The molecular formula is C35H33F5N6O5. The van der Waals surface area contributed by atoms with Gasteiger partial charge in [0.1, 0.15) is 41.4 Å². The number of nitrogens with one attached hydrogen (secondary N) is 1. The predicted molar refractivity (Wildman–Crippen MR) is 176 cm³/mol. The molecule has 2 aromatic carbocycles. The molecule has 5 heterocycles. The number of carboxylic acid groups (broad SMARTS) is 1. The van der Waals surface area contributed by atoms with E-state index in [9.17, 15) is 14.3 Å². The number of anilines is 1. The van der Waals surface area contributed by atoms with Gasteiger partial charge < -0.3 is 29.5 Å². The summed E-state index contributed by atoms with van der Waals surface area (Å²) in [5, 5.41) is 11.9. The molecule has 3 aliphatic heterocycles. The van der Waals surface area contributed by atoms with Gasteiger partial charge in [-0.2, -0.15) is 9.97 Å². The zero-order chi connectivity index (χ0) is 36.1. The molecule has 11 nitrogen and oxygen atoms in total. The van der Waals surface area contributed by atoms with Crippen LogP contribution in [0.1, 0.15) is 31.2 Å². The number of methoxy groups -OCH3 is 1. The summed E-state index contributed by atoms with van der Waals surface area (Å²) in [6.07, 6.45) is 5.30. The van der Waals surface area contributed by atoms with E-state index in [-0.39, 0.29) is 83.6 Å². The van der Waals surface area contributed by atoms with Crippen molar-refractivity contribution in [2.75, 3.05) is 51.6 Å². The van der Waals surface area contributed by atoms with Crippen LogP contribution in [0.5, 0.6) is 11.8 Å². The quantitative estimate of drug-likeness (QED) is 0.130. The van der Waals surface area contributed by atoms with Crippen molar-refractivity contribution in [3.05, 3.63) is 47.7 Å². The lowest BCUT2D eigenvalue weighted by Gasteiger charge is -2.38. The molecule has 0 saturated carbocycles. The summed E-state index contributed by atoms with van der Waals surface area (Å²) in [7, 11) is 1.42. The molecule has 3 saturated heterocycles. The summed E-state index contributed by atoms with van der Waals surface area (Å²) >= 11 is 0. The first-order valence-electron chi connectivity index (χ1n) is 16.3.